The fourth-order valence-electron chi connectivity index (χ4n) is 1.58. The molecule has 1 aromatic carbocycles. The fraction of sp³-hybridized carbons (Fsp3) is 0.538. The van der Waals surface area contributed by atoms with Gasteiger partial charge in [-0.3, -0.25) is 0 Å². The second-order valence-electron chi connectivity index (χ2n) is 4.52. The van der Waals surface area contributed by atoms with Crippen molar-refractivity contribution in [3.8, 4) is 0 Å². The lowest BCUT2D eigenvalue weighted by atomic mass is 10.0. The first-order valence-electron chi connectivity index (χ1n) is 5.66. The number of anilines is 2. The van der Waals surface area contributed by atoms with Crippen molar-refractivity contribution in [2.75, 3.05) is 24.8 Å². The molecule has 0 saturated heterocycles. The molecule has 0 fully saturated rings. The molecular weight excluding hydrogens is 200 g/mol. The number of nitrogens with two attached hydrogens (primary N) is 1. The van der Waals surface area contributed by atoms with E-state index in [1.807, 2.05) is 18.2 Å². The molecule has 3 N–H and O–H groups in total. The molecule has 1 rings (SSSR count). The molecule has 1 aromatic rings. The van der Waals surface area contributed by atoms with Crippen LogP contribution in [0.4, 0.5) is 11.4 Å². The molecule has 1 unspecified atom stereocenters. The molecule has 0 saturated carbocycles. The average molecular weight is 222 g/mol. The van der Waals surface area contributed by atoms with Crippen LogP contribution in [0.1, 0.15) is 19.4 Å². The molecule has 3 nitrogen and oxygen atoms in total. The summed E-state index contributed by atoms with van der Waals surface area (Å²) in [6.07, 6.45) is 0. The van der Waals surface area contributed by atoms with E-state index < -0.39 is 0 Å². The minimum Gasteiger partial charge on any atom is -0.399 e. The summed E-state index contributed by atoms with van der Waals surface area (Å²) in [5.74, 6) is 0.515. The van der Waals surface area contributed by atoms with E-state index in [0.29, 0.717) is 18.6 Å². The third-order valence-electron chi connectivity index (χ3n) is 2.75. The summed E-state index contributed by atoms with van der Waals surface area (Å²) in [5.41, 5.74) is 8.87. The van der Waals surface area contributed by atoms with Crippen molar-refractivity contribution < 1.29 is 4.74 Å². The lowest BCUT2D eigenvalue weighted by Gasteiger charge is -2.24. The van der Waals surface area contributed by atoms with E-state index in [9.17, 15) is 0 Å². The largest absolute Gasteiger partial charge is 0.399 e. The zero-order valence-electron chi connectivity index (χ0n) is 10.6. The van der Waals surface area contributed by atoms with Crippen LogP contribution in [0.5, 0.6) is 0 Å². The van der Waals surface area contributed by atoms with Crippen LogP contribution in [0.25, 0.3) is 0 Å². The van der Waals surface area contributed by atoms with Gasteiger partial charge in [-0.25, -0.2) is 0 Å². The highest BCUT2D eigenvalue weighted by atomic mass is 16.5. The standard InChI is InChI=1S/C13H22N2O/c1-9(2)13(8-16-4)15-12-7-11(14)6-5-10(12)3/h5-7,9,13,15H,8,14H2,1-4H3. The normalized spacial score (nSPS) is 12.8. The average Bonchev–Trinajstić information content (AvgIpc) is 2.22. The number of hydrogen-bond donors (Lipinski definition) is 2. The number of methoxy groups -OCH3 is 1. The monoisotopic (exact) mass is 222 g/mol. The van der Waals surface area contributed by atoms with Crippen molar-refractivity contribution in [2.45, 2.75) is 26.8 Å². The van der Waals surface area contributed by atoms with Crippen LogP contribution >= 0.6 is 0 Å². The van der Waals surface area contributed by atoms with Crippen LogP contribution in [0.2, 0.25) is 0 Å². The predicted molar refractivity (Wildman–Crippen MR) is 69.7 cm³/mol. The van der Waals surface area contributed by atoms with Gasteiger partial charge >= 0.3 is 0 Å². The molecule has 90 valence electrons. The SMILES string of the molecule is COCC(Nc1cc(N)ccc1C)C(C)C. The van der Waals surface area contributed by atoms with E-state index in [4.69, 9.17) is 10.5 Å². The van der Waals surface area contributed by atoms with Crippen LogP contribution in [-0.2, 0) is 4.74 Å². The first-order valence-corrected chi connectivity index (χ1v) is 5.66. The van der Waals surface area contributed by atoms with Crippen LogP contribution in [0.15, 0.2) is 18.2 Å². The van der Waals surface area contributed by atoms with Gasteiger partial charge in [-0.1, -0.05) is 19.9 Å². The van der Waals surface area contributed by atoms with Gasteiger partial charge in [0.25, 0.3) is 0 Å². The van der Waals surface area contributed by atoms with Gasteiger partial charge < -0.3 is 15.8 Å². The number of nitrogen functional groups attached to an aromatic ring is 1. The maximum Gasteiger partial charge on any atom is 0.0666 e. The Morgan fingerprint density at radius 3 is 2.62 bits per heavy atom. The van der Waals surface area contributed by atoms with Crippen molar-refractivity contribution in [3.63, 3.8) is 0 Å². The molecule has 0 amide bonds. The molecule has 0 aromatic heterocycles. The molecule has 0 spiro atoms. The second kappa shape index (κ2) is 5.75. The Hall–Kier alpha value is -1.22. The first-order chi connectivity index (χ1) is 7.54. The Bertz CT molecular complexity index is 337. The minimum atomic E-state index is 0.311. The van der Waals surface area contributed by atoms with E-state index >= 15 is 0 Å². The summed E-state index contributed by atoms with van der Waals surface area (Å²) in [7, 11) is 1.73. The third kappa shape index (κ3) is 3.42. The van der Waals surface area contributed by atoms with Crippen LogP contribution in [0, 0.1) is 12.8 Å². The smallest absolute Gasteiger partial charge is 0.0666 e. The number of benzene rings is 1. The number of rotatable bonds is 5. The molecule has 0 radical (unpaired) electrons. The second-order valence-corrected chi connectivity index (χ2v) is 4.52. The van der Waals surface area contributed by atoms with E-state index in [1.165, 1.54) is 5.56 Å². The molecule has 0 heterocycles. The summed E-state index contributed by atoms with van der Waals surface area (Å²) in [4.78, 5) is 0. The maximum absolute atomic E-state index is 5.78. The summed E-state index contributed by atoms with van der Waals surface area (Å²) >= 11 is 0. The highest BCUT2D eigenvalue weighted by molar-refractivity contribution is 5.59. The summed E-state index contributed by atoms with van der Waals surface area (Å²) in [6.45, 7) is 7.13. The van der Waals surface area contributed by atoms with Crippen molar-refractivity contribution in [3.05, 3.63) is 23.8 Å². The number of nitrogens with one attached hydrogen (secondary N) is 1. The van der Waals surface area contributed by atoms with Crippen molar-refractivity contribution in [1.82, 2.24) is 0 Å². The van der Waals surface area contributed by atoms with Gasteiger partial charge in [0.1, 0.15) is 0 Å². The quantitative estimate of drug-likeness (QED) is 0.753. The molecular formula is C13H22N2O. The maximum atomic E-state index is 5.78. The fourth-order valence-corrected chi connectivity index (χ4v) is 1.58. The van der Waals surface area contributed by atoms with Gasteiger partial charge in [-0.2, -0.15) is 0 Å². The van der Waals surface area contributed by atoms with Gasteiger partial charge in [0.05, 0.1) is 12.6 Å². The van der Waals surface area contributed by atoms with E-state index in [2.05, 4.69) is 26.1 Å². The Morgan fingerprint density at radius 1 is 1.38 bits per heavy atom. The molecule has 0 aliphatic heterocycles. The van der Waals surface area contributed by atoms with Crippen LogP contribution in [0.3, 0.4) is 0 Å². The van der Waals surface area contributed by atoms with Gasteiger partial charge in [0, 0.05) is 18.5 Å². The van der Waals surface area contributed by atoms with Crippen LogP contribution in [-0.4, -0.2) is 19.8 Å². The number of hydrogen-bond acceptors (Lipinski definition) is 3. The molecule has 16 heavy (non-hydrogen) atoms. The van der Waals surface area contributed by atoms with Crippen molar-refractivity contribution in [2.24, 2.45) is 5.92 Å². The lowest BCUT2D eigenvalue weighted by molar-refractivity contribution is 0.171. The van der Waals surface area contributed by atoms with Gasteiger partial charge in [-0.15, -0.1) is 0 Å². The Morgan fingerprint density at radius 2 is 2.06 bits per heavy atom. The van der Waals surface area contributed by atoms with Gasteiger partial charge in [0.15, 0.2) is 0 Å². The first kappa shape index (κ1) is 12.8. The van der Waals surface area contributed by atoms with E-state index in [0.717, 1.165) is 11.4 Å². The summed E-state index contributed by atoms with van der Waals surface area (Å²) < 4.78 is 5.21. The summed E-state index contributed by atoms with van der Waals surface area (Å²) in [5, 5.41) is 3.48. The zero-order valence-corrected chi connectivity index (χ0v) is 10.6. The Labute approximate surface area is 98.0 Å². The Balaban J connectivity index is 2.80. The van der Waals surface area contributed by atoms with Crippen molar-refractivity contribution >= 4 is 11.4 Å². The highest BCUT2D eigenvalue weighted by Crippen LogP contribution is 2.20. The third-order valence-corrected chi connectivity index (χ3v) is 2.75. The predicted octanol–water partition coefficient (Wildman–Crippen LogP) is 2.66. The number of ether oxygens (including phenoxy) is 1. The Kier molecular flexibility index (Phi) is 4.62. The highest BCUT2D eigenvalue weighted by Gasteiger charge is 2.13. The molecule has 0 bridgehead atoms. The molecule has 3 heteroatoms. The van der Waals surface area contributed by atoms with E-state index in [-0.39, 0.29) is 0 Å². The molecule has 1 atom stereocenters. The summed E-state index contributed by atoms with van der Waals surface area (Å²) in [6, 6.07) is 6.23. The van der Waals surface area contributed by atoms with Crippen LogP contribution < -0.4 is 11.1 Å². The van der Waals surface area contributed by atoms with E-state index in [1.54, 1.807) is 7.11 Å². The molecule has 0 aliphatic rings. The number of aryl methyl sites for hydroxylation is 1. The lowest BCUT2D eigenvalue weighted by Crippen LogP contribution is -2.30. The topological polar surface area (TPSA) is 47.3 Å². The minimum absolute atomic E-state index is 0.311. The van der Waals surface area contributed by atoms with Crippen molar-refractivity contribution in [1.29, 1.82) is 0 Å². The zero-order chi connectivity index (χ0) is 12.1. The van der Waals surface area contributed by atoms with Gasteiger partial charge in [0.2, 0.25) is 0 Å². The molecule has 0 aliphatic carbocycles. The van der Waals surface area contributed by atoms with Gasteiger partial charge in [-0.05, 0) is 30.5 Å².